The first-order valence-corrected chi connectivity index (χ1v) is 9.79. The lowest BCUT2D eigenvalue weighted by atomic mass is 9.48. The number of nitrogens with zero attached hydrogens (tertiary/aromatic N) is 1. The van der Waals surface area contributed by atoms with Gasteiger partial charge >= 0.3 is 6.03 Å². The molecule has 0 spiro atoms. The lowest BCUT2D eigenvalue weighted by molar-refractivity contribution is -0.131. The van der Waals surface area contributed by atoms with Gasteiger partial charge in [0, 0.05) is 6.21 Å². The first-order chi connectivity index (χ1) is 13.0. The molecule has 1 saturated heterocycles. The number of rotatable bonds is 3. The van der Waals surface area contributed by atoms with Crippen molar-refractivity contribution < 1.29 is 14.4 Å². The van der Waals surface area contributed by atoms with Crippen LogP contribution < -0.4 is 10.2 Å². The van der Waals surface area contributed by atoms with Crippen molar-refractivity contribution in [1.82, 2.24) is 5.32 Å². The van der Waals surface area contributed by atoms with Crippen molar-refractivity contribution >= 4 is 29.7 Å². The summed E-state index contributed by atoms with van der Waals surface area (Å²) in [5.74, 6) is -0.0903. The molecule has 1 aromatic carbocycles. The highest BCUT2D eigenvalue weighted by molar-refractivity contribution is 6.32. The number of carbonyl (C=O) groups excluding carboxylic acids is 3. The molecule has 6 heteroatoms. The number of benzene rings is 1. The molecule has 4 bridgehead atoms. The van der Waals surface area contributed by atoms with Crippen molar-refractivity contribution in [3.8, 4) is 0 Å². The predicted octanol–water partition coefficient (Wildman–Crippen LogP) is 3.00. The monoisotopic (exact) mass is 365 g/mol. The maximum absolute atomic E-state index is 12.5. The number of barbiturate groups is 1. The molecular weight excluding hydrogens is 342 g/mol. The quantitative estimate of drug-likeness (QED) is 0.637. The van der Waals surface area contributed by atoms with Crippen molar-refractivity contribution in [2.45, 2.75) is 43.9 Å². The molecule has 27 heavy (non-hydrogen) atoms. The SMILES string of the molecule is N=C[C@@H]1C(=O)NC(=O)N(c2ccc(C34CC5CC(CC(C5)C3)C4)cc2)C1=O. The van der Waals surface area contributed by atoms with E-state index < -0.39 is 23.8 Å². The summed E-state index contributed by atoms with van der Waals surface area (Å²) in [6, 6.07) is 6.98. The van der Waals surface area contributed by atoms with Gasteiger partial charge in [0.25, 0.3) is 5.91 Å². The molecule has 1 aromatic rings. The van der Waals surface area contributed by atoms with Gasteiger partial charge in [-0.05, 0) is 79.4 Å². The van der Waals surface area contributed by atoms with Crippen molar-refractivity contribution in [3.05, 3.63) is 29.8 Å². The molecule has 0 unspecified atom stereocenters. The smallest absolute Gasteiger partial charge is 0.312 e. The number of anilines is 1. The largest absolute Gasteiger partial charge is 0.335 e. The van der Waals surface area contributed by atoms with E-state index in [2.05, 4.69) is 17.4 Å². The van der Waals surface area contributed by atoms with Crippen LogP contribution in [0.4, 0.5) is 10.5 Å². The van der Waals surface area contributed by atoms with E-state index in [9.17, 15) is 14.4 Å². The standard InChI is InChI=1S/C21H23N3O3/c22-11-17-18(25)23-20(27)24(19(17)26)16-3-1-15(2-4-16)21-8-12-5-13(9-21)7-14(6-12)10-21/h1-4,11-14,17,22H,5-10H2,(H,23,25,27)/t12?,13?,14?,17-,21?/m1/s1. The van der Waals surface area contributed by atoms with E-state index in [1.165, 1.54) is 44.1 Å². The number of imide groups is 2. The molecule has 4 aliphatic carbocycles. The zero-order valence-corrected chi connectivity index (χ0v) is 15.1. The van der Waals surface area contributed by atoms with Crippen LogP contribution >= 0.6 is 0 Å². The highest BCUT2D eigenvalue weighted by Crippen LogP contribution is 2.60. The third-order valence-corrected chi connectivity index (χ3v) is 7.14. The molecule has 5 fully saturated rings. The summed E-state index contributed by atoms with van der Waals surface area (Å²) in [5, 5.41) is 9.46. The molecule has 1 heterocycles. The van der Waals surface area contributed by atoms with Gasteiger partial charge in [-0.3, -0.25) is 14.9 Å². The Bertz CT molecular complexity index is 809. The van der Waals surface area contributed by atoms with Crippen LogP contribution in [-0.2, 0) is 15.0 Å². The summed E-state index contributed by atoms with van der Waals surface area (Å²) in [5.41, 5.74) is 2.02. The zero-order chi connectivity index (χ0) is 18.8. The number of amides is 4. The fourth-order valence-corrected chi connectivity index (χ4v) is 6.41. The second-order valence-electron chi connectivity index (χ2n) is 8.86. The van der Waals surface area contributed by atoms with Gasteiger partial charge in [-0.15, -0.1) is 0 Å². The first kappa shape index (κ1) is 16.7. The molecule has 140 valence electrons. The first-order valence-electron chi connectivity index (χ1n) is 9.79. The maximum Gasteiger partial charge on any atom is 0.335 e. The molecule has 2 N–H and O–H groups in total. The normalized spacial score (nSPS) is 37.5. The van der Waals surface area contributed by atoms with Crippen molar-refractivity contribution in [3.63, 3.8) is 0 Å². The summed E-state index contributed by atoms with van der Waals surface area (Å²) in [6.07, 6.45) is 8.71. The lowest BCUT2D eigenvalue weighted by Crippen LogP contribution is -2.58. The van der Waals surface area contributed by atoms with E-state index >= 15 is 0 Å². The summed E-state index contributed by atoms with van der Waals surface area (Å²) in [6.45, 7) is 0. The summed E-state index contributed by atoms with van der Waals surface area (Å²) in [4.78, 5) is 37.3. The highest BCUT2D eigenvalue weighted by atomic mass is 16.2. The molecule has 1 atom stereocenters. The second kappa shape index (κ2) is 5.75. The van der Waals surface area contributed by atoms with Gasteiger partial charge in [-0.1, -0.05) is 12.1 Å². The van der Waals surface area contributed by atoms with E-state index in [-0.39, 0.29) is 5.41 Å². The summed E-state index contributed by atoms with van der Waals surface area (Å²) in [7, 11) is 0. The number of urea groups is 1. The molecular formula is C21H23N3O3. The van der Waals surface area contributed by atoms with E-state index in [1.807, 2.05) is 12.1 Å². The predicted molar refractivity (Wildman–Crippen MR) is 99.6 cm³/mol. The van der Waals surface area contributed by atoms with E-state index in [0.717, 1.165) is 28.9 Å². The fourth-order valence-electron chi connectivity index (χ4n) is 6.41. The Morgan fingerprint density at radius 3 is 2.04 bits per heavy atom. The highest BCUT2D eigenvalue weighted by Gasteiger charge is 2.51. The third kappa shape index (κ3) is 2.46. The molecule has 4 amide bonds. The third-order valence-electron chi connectivity index (χ3n) is 7.14. The molecule has 4 saturated carbocycles. The van der Waals surface area contributed by atoms with E-state index in [4.69, 9.17) is 5.41 Å². The van der Waals surface area contributed by atoms with Gasteiger partial charge in [-0.2, -0.15) is 0 Å². The number of hydrogen-bond acceptors (Lipinski definition) is 4. The minimum absolute atomic E-state index is 0.259. The van der Waals surface area contributed by atoms with Gasteiger partial charge in [0.2, 0.25) is 5.91 Å². The maximum atomic E-state index is 12.5. The molecule has 5 aliphatic rings. The van der Waals surface area contributed by atoms with Crippen LogP contribution in [0.1, 0.15) is 44.1 Å². The minimum atomic E-state index is -1.24. The van der Waals surface area contributed by atoms with Gasteiger partial charge in [-0.25, -0.2) is 9.69 Å². The Balaban J connectivity index is 1.44. The Labute approximate surface area is 157 Å². The van der Waals surface area contributed by atoms with Crippen molar-refractivity contribution in [1.29, 1.82) is 5.41 Å². The average Bonchev–Trinajstić information content (AvgIpc) is 2.61. The van der Waals surface area contributed by atoms with Crippen LogP contribution in [0.25, 0.3) is 0 Å². The van der Waals surface area contributed by atoms with Gasteiger partial charge in [0.15, 0.2) is 5.92 Å². The molecule has 0 radical (unpaired) electrons. The topological polar surface area (TPSA) is 90.3 Å². The molecule has 0 aromatic heterocycles. The van der Waals surface area contributed by atoms with Crippen LogP contribution in [0, 0.1) is 29.1 Å². The van der Waals surface area contributed by atoms with Crippen LogP contribution in [-0.4, -0.2) is 24.1 Å². The Hall–Kier alpha value is -2.50. The van der Waals surface area contributed by atoms with Crippen LogP contribution in [0.2, 0.25) is 0 Å². The van der Waals surface area contributed by atoms with Gasteiger partial charge in [0.05, 0.1) is 5.69 Å². The van der Waals surface area contributed by atoms with E-state index in [1.54, 1.807) is 0 Å². The van der Waals surface area contributed by atoms with Crippen LogP contribution in [0.3, 0.4) is 0 Å². The van der Waals surface area contributed by atoms with Crippen molar-refractivity contribution in [2.75, 3.05) is 4.90 Å². The number of carbonyl (C=O) groups is 3. The Kier molecular flexibility index (Phi) is 3.55. The number of hydrogen-bond donors (Lipinski definition) is 2. The van der Waals surface area contributed by atoms with Gasteiger partial charge in [0.1, 0.15) is 0 Å². The van der Waals surface area contributed by atoms with Crippen LogP contribution in [0.5, 0.6) is 0 Å². The second-order valence-corrected chi connectivity index (χ2v) is 8.86. The molecule has 6 rings (SSSR count). The molecule has 1 aliphatic heterocycles. The summed E-state index contributed by atoms with van der Waals surface area (Å²) < 4.78 is 0. The van der Waals surface area contributed by atoms with Crippen LogP contribution in [0.15, 0.2) is 24.3 Å². The fraction of sp³-hybridized carbons (Fsp3) is 0.524. The summed E-state index contributed by atoms with van der Waals surface area (Å²) >= 11 is 0. The van der Waals surface area contributed by atoms with Gasteiger partial charge < -0.3 is 5.41 Å². The number of nitrogens with one attached hydrogen (secondary N) is 2. The lowest BCUT2D eigenvalue weighted by Gasteiger charge is -2.57. The Morgan fingerprint density at radius 2 is 1.52 bits per heavy atom. The molecule has 6 nitrogen and oxygen atoms in total. The zero-order valence-electron chi connectivity index (χ0n) is 15.1. The minimum Gasteiger partial charge on any atom is -0.312 e. The van der Waals surface area contributed by atoms with Crippen molar-refractivity contribution in [2.24, 2.45) is 23.7 Å². The average molecular weight is 365 g/mol. The van der Waals surface area contributed by atoms with E-state index in [0.29, 0.717) is 5.69 Å². The Morgan fingerprint density at radius 1 is 0.963 bits per heavy atom.